The van der Waals surface area contributed by atoms with Crippen molar-refractivity contribution in [3.05, 3.63) is 35.9 Å². The third kappa shape index (κ3) is 2.33. The Morgan fingerprint density at radius 1 is 1.10 bits per heavy atom. The number of hydrogen-bond donors (Lipinski definition) is 0. The molecule has 0 N–H and O–H groups in total. The maximum Gasteiger partial charge on any atom is 0.246 e. The summed E-state index contributed by atoms with van der Waals surface area (Å²) in [7, 11) is 0. The second kappa shape index (κ2) is 5.51. The van der Waals surface area contributed by atoms with E-state index < -0.39 is 0 Å². The molecule has 2 fully saturated rings. The molecule has 0 bridgehead atoms. The number of piperidine rings is 1. The minimum Gasteiger partial charge on any atom is -0.329 e. The fraction of sp³-hybridized carbons (Fsp3) is 0.529. The SMILES string of the molecule is CC1C(=O)N2CCCCC2C(=O)N1C(C)c1ccccc1. The van der Waals surface area contributed by atoms with Gasteiger partial charge in [-0.15, -0.1) is 0 Å². The van der Waals surface area contributed by atoms with Gasteiger partial charge in [0.2, 0.25) is 11.8 Å². The van der Waals surface area contributed by atoms with Gasteiger partial charge in [0.1, 0.15) is 12.1 Å². The van der Waals surface area contributed by atoms with Gasteiger partial charge in [0.05, 0.1) is 6.04 Å². The summed E-state index contributed by atoms with van der Waals surface area (Å²) in [5.41, 5.74) is 1.08. The summed E-state index contributed by atoms with van der Waals surface area (Å²) in [5, 5.41) is 0. The van der Waals surface area contributed by atoms with Crippen molar-refractivity contribution in [1.82, 2.24) is 9.80 Å². The van der Waals surface area contributed by atoms with Crippen LogP contribution in [0.5, 0.6) is 0 Å². The largest absolute Gasteiger partial charge is 0.329 e. The summed E-state index contributed by atoms with van der Waals surface area (Å²) in [6, 6.07) is 9.26. The highest BCUT2D eigenvalue weighted by Crippen LogP contribution is 2.32. The van der Waals surface area contributed by atoms with Crippen molar-refractivity contribution < 1.29 is 9.59 Å². The van der Waals surface area contributed by atoms with E-state index >= 15 is 0 Å². The Hall–Kier alpha value is -1.84. The summed E-state index contributed by atoms with van der Waals surface area (Å²) in [6.45, 7) is 4.59. The van der Waals surface area contributed by atoms with Crippen LogP contribution < -0.4 is 0 Å². The minimum atomic E-state index is -0.373. The average Bonchev–Trinajstić information content (AvgIpc) is 2.53. The Bertz CT molecular complexity index is 543. The summed E-state index contributed by atoms with van der Waals surface area (Å²) in [6.07, 6.45) is 2.84. The molecule has 21 heavy (non-hydrogen) atoms. The summed E-state index contributed by atoms with van der Waals surface area (Å²) >= 11 is 0. The molecule has 112 valence electrons. The quantitative estimate of drug-likeness (QED) is 0.837. The van der Waals surface area contributed by atoms with Crippen molar-refractivity contribution >= 4 is 11.8 Å². The number of hydrogen-bond acceptors (Lipinski definition) is 2. The lowest BCUT2D eigenvalue weighted by Gasteiger charge is -2.48. The molecule has 4 nitrogen and oxygen atoms in total. The molecule has 3 rings (SSSR count). The summed E-state index contributed by atoms with van der Waals surface area (Å²) < 4.78 is 0. The normalized spacial score (nSPS) is 27.5. The van der Waals surface area contributed by atoms with E-state index in [1.807, 2.05) is 44.2 Å². The third-order valence-electron chi connectivity index (χ3n) is 4.80. The van der Waals surface area contributed by atoms with Crippen molar-refractivity contribution in [1.29, 1.82) is 0 Å². The van der Waals surface area contributed by atoms with Gasteiger partial charge in [0.15, 0.2) is 0 Å². The molecule has 4 heteroatoms. The zero-order valence-corrected chi connectivity index (χ0v) is 12.7. The Balaban J connectivity index is 1.90. The van der Waals surface area contributed by atoms with E-state index in [1.165, 1.54) is 0 Å². The smallest absolute Gasteiger partial charge is 0.246 e. The molecule has 0 aromatic heterocycles. The molecule has 2 saturated heterocycles. The van der Waals surface area contributed by atoms with E-state index in [9.17, 15) is 9.59 Å². The highest BCUT2D eigenvalue weighted by Gasteiger charge is 2.46. The van der Waals surface area contributed by atoms with Gasteiger partial charge in [-0.05, 0) is 38.7 Å². The van der Waals surface area contributed by atoms with Crippen LogP contribution >= 0.6 is 0 Å². The van der Waals surface area contributed by atoms with Crippen LogP contribution in [0.1, 0.15) is 44.7 Å². The number of amides is 2. The Labute approximate surface area is 125 Å². The van der Waals surface area contributed by atoms with Crippen molar-refractivity contribution in [2.75, 3.05) is 6.54 Å². The second-order valence-electron chi connectivity index (χ2n) is 6.05. The van der Waals surface area contributed by atoms with Crippen LogP contribution in [0, 0.1) is 0 Å². The van der Waals surface area contributed by atoms with Gasteiger partial charge in [0, 0.05) is 6.54 Å². The van der Waals surface area contributed by atoms with Gasteiger partial charge in [-0.3, -0.25) is 9.59 Å². The number of nitrogens with zero attached hydrogens (tertiary/aromatic N) is 2. The lowest BCUT2D eigenvalue weighted by molar-refractivity contribution is -0.165. The molecule has 0 spiro atoms. The van der Waals surface area contributed by atoms with E-state index in [0.29, 0.717) is 0 Å². The fourth-order valence-corrected chi connectivity index (χ4v) is 3.59. The summed E-state index contributed by atoms with van der Waals surface area (Å²) in [4.78, 5) is 29.0. The van der Waals surface area contributed by atoms with Gasteiger partial charge in [-0.1, -0.05) is 30.3 Å². The molecule has 0 radical (unpaired) electrons. The Kier molecular flexibility index (Phi) is 3.70. The van der Waals surface area contributed by atoms with Crippen LogP contribution in [0.15, 0.2) is 30.3 Å². The molecule has 2 amide bonds. The molecule has 1 aromatic carbocycles. The standard InChI is InChI=1S/C17H22N2O2/c1-12(14-8-4-3-5-9-14)19-13(2)16(20)18-11-7-6-10-15(18)17(19)21/h3-5,8-9,12-13,15H,6-7,10-11H2,1-2H3. The zero-order chi connectivity index (χ0) is 15.0. The topological polar surface area (TPSA) is 40.6 Å². The van der Waals surface area contributed by atoms with Crippen molar-refractivity contribution in [3.8, 4) is 0 Å². The van der Waals surface area contributed by atoms with Crippen LogP contribution in [0.2, 0.25) is 0 Å². The minimum absolute atomic E-state index is 0.0678. The molecule has 3 unspecified atom stereocenters. The third-order valence-corrected chi connectivity index (χ3v) is 4.80. The number of rotatable bonds is 2. The Morgan fingerprint density at radius 3 is 2.52 bits per heavy atom. The van der Waals surface area contributed by atoms with Gasteiger partial charge in [-0.25, -0.2) is 0 Å². The van der Waals surface area contributed by atoms with Gasteiger partial charge < -0.3 is 9.80 Å². The van der Waals surface area contributed by atoms with E-state index in [0.717, 1.165) is 31.4 Å². The average molecular weight is 286 g/mol. The van der Waals surface area contributed by atoms with Crippen LogP contribution in [-0.2, 0) is 9.59 Å². The van der Waals surface area contributed by atoms with E-state index in [1.54, 1.807) is 9.80 Å². The number of fused-ring (bicyclic) bond motifs is 1. The van der Waals surface area contributed by atoms with Crippen molar-refractivity contribution in [2.24, 2.45) is 0 Å². The molecular formula is C17H22N2O2. The first-order valence-electron chi connectivity index (χ1n) is 7.79. The van der Waals surface area contributed by atoms with Crippen LogP contribution in [-0.4, -0.2) is 40.2 Å². The van der Waals surface area contributed by atoms with Crippen LogP contribution in [0.25, 0.3) is 0 Å². The maximum atomic E-state index is 12.9. The van der Waals surface area contributed by atoms with E-state index in [2.05, 4.69) is 0 Å². The predicted octanol–water partition coefficient (Wildman–Crippen LogP) is 2.36. The molecule has 0 aliphatic carbocycles. The molecule has 3 atom stereocenters. The number of carbonyl (C=O) groups excluding carboxylic acids is 2. The van der Waals surface area contributed by atoms with Crippen molar-refractivity contribution in [3.63, 3.8) is 0 Å². The first-order chi connectivity index (χ1) is 10.1. The molecule has 0 saturated carbocycles. The lowest BCUT2D eigenvalue weighted by atomic mass is 9.93. The van der Waals surface area contributed by atoms with Gasteiger partial charge in [-0.2, -0.15) is 0 Å². The Morgan fingerprint density at radius 2 is 1.81 bits per heavy atom. The summed E-state index contributed by atoms with van der Waals surface area (Å²) in [5.74, 6) is 0.209. The lowest BCUT2D eigenvalue weighted by Crippen LogP contribution is -2.65. The van der Waals surface area contributed by atoms with E-state index in [4.69, 9.17) is 0 Å². The fourth-order valence-electron chi connectivity index (χ4n) is 3.59. The first kappa shape index (κ1) is 14.1. The molecule has 2 heterocycles. The molecule has 1 aromatic rings. The highest BCUT2D eigenvalue weighted by molar-refractivity contribution is 5.97. The maximum absolute atomic E-state index is 12.9. The predicted molar refractivity (Wildman–Crippen MR) is 80.5 cm³/mol. The van der Waals surface area contributed by atoms with E-state index in [-0.39, 0.29) is 29.9 Å². The number of piperazine rings is 1. The number of benzene rings is 1. The highest BCUT2D eigenvalue weighted by atomic mass is 16.2. The van der Waals surface area contributed by atoms with Crippen molar-refractivity contribution in [2.45, 2.75) is 51.2 Å². The first-order valence-corrected chi connectivity index (χ1v) is 7.79. The van der Waals surface area contributed by atoms with Gasteiger partial charge >= 0.3 is 0 Å². The second-order valence-corrected chi connectivity index (χ2v) is 6.05. The van der Waals surface area contributed by atoms with Gasteiger partial charge in [0.25, 0.3) is 0 Å². The molecule has 2 aliphatic rings. The zero-order valence-electron chi connectivity index (χ0n) is 12.7. The molecular weight excluding hydrogens is 264 g/mol. The number of carbonyl (C=O) groups is 2. The molecule has 2 aliphatic heterocycles. The monoisotopic (exact) mass is 286 g/mol. The van der Waals surface area contributed by atoms with Crippen LogP contribution in [0.4, 0.5) is 0 Å². The van der Waals surface area contributed by atoms with Crippen LogP contribution in [0.3, 0.4) is 0 Å².